The number of ether oxygens (including phenoxy) is 1. The van der Waals surface area contributed by atoms with Gasteiger partial charge in [-0.2, -0.15) is 5.10 Å². The smallest absolute Gasteiger partial charge is 0.269 e. The molecule has 0 bridgehead atoms. The second kappa shape index (κ2) is 7.40. The molecule has 0 radical (unpaired) electrons. The van der Waals surface area contributed by atoms with Crippen LogP contribution in [0.1, 0.15) is 37.0 Å². The summed E-state index contributed by atoms with van der Waals surface area (Å²) in [5.41, 5.74) is 1.45. The van der Waals surface area contributed by atoms with Crippen molar-refractivity contribution in [1.29, 1.82) is 0 Å². The van der Waals surface area contributed by atoms with E-state index in [0.717, 1.165) is 18.8 Å². The van der Waals surface area contributed by atoms with Crippen molar-refractivity contribution in [3.8, 4) is 0 Å². The van der Waals surface area contributed by atoms with E-state index in [1.807, 2.05) is 6.07 Å². The van der Waals surface area contributed by atoms with Gasteiger partial charge in [-0.1, -0.05) is 20.8 Å². The van der Waals surface area contributed by atoms with Gasteiger partial charge in [0.15, 0.2) is 0 Å². The fourth-order valence-electron chi connectivity index (χ4n) is 1.70. The van der Waals surface area contributed by atoms with Gasteiger partial charge in [0.25, 0.3) is 5.91 Å². The summed E-state index contributed by atoms with van der Waals surface area (Å²) in [6.45, 7) is 9.00. The van der Waals surface area contributed by atoms with Crippen molar-refractivity contribution >= 4 is 5.91 Å². The molecule has 1 aromatic rings. The highest BCUT2D eigenvalue weighted by Crippen LogP contribution is 2.21. The lowest BCUT2D eigenvalue weighted by atomic mass is 9.92. The Hall–Kier alpha value is -1.40. The molecule has 6 nitrogen and oxygen atoms in total. The van der Waals surface area contributed by atoms with Gasteiger partial charge in [0.05, 0.1) is 12.3 Å². The van der Waals surface area contributed by atoms with E-state index in [9.17, 15) is 4.79 Å². The van der Waals surface area contributed by atoms with Gasteiger partial charge in [-0.05, 0) is 6.07 Å². The van der Waals surface area contributed by atoms with Crippen molar-refractivity contribution < 1.29 is 9.53 Å². The van der Waals surface area contributed by atoms with E-state index in [-0.39, 0.29) is 11.3 Å². The van der Waals surface area contributed by atoms with Crippen molar-refractivity contribution in [2.45, 2.75) is 26.2 Å². The molecule has 0 aromatic carbocycles. The zero-order valence-electron chi connectivity index (χ0n) is 13.1. The summed E-state index contributed by atoms with van der Waals surface area (Å²) in [5.74, 6) is -0.0935. The fourth-order valence-corrected chi connectivity index (χ4v) is 1.70. The van der Waals surface area contributed by atoms with Crippen molar-refractivity contribution in [2.24, 2.45) is 7.05 Å². The summed E-state index contributed by atoms with van der Waals surface area (Å²) in [7, 11) is 3.46. The third-order valence-electron chi connectivity index (χ3n) is 2.95. The Bertz CT molecular complexity index is 435. The molecule has 114 valence electrons. The third-order valence-corrected chi connectivity index (χ3v) is 2.95. The molecule has 1 amide bonds. The molecule has 0 fully saturated rings. The van der Waals surface area contributed by atoms with Crippen LogP contribution in [0.15, 0.2) is 6.07 Å². The van der Waals surface area contributed by atoms with E-state index in [2.05, 4.69) is 36.5 Å². The number of aromatic nitrogens is 2. The van der Waals surface area contributed by atoms with E-state index in [1.165, 1.54) is 0 Å². The largest absolute Gasteiger partial charge is 0.383 e. The first-order chi connectivity index (χ1) is 9.36. The van der Waals surface area contributed by atoms with Gasteiger partial charge >= 0.3 is 0 Å². The Morgan fingerprint density at radius 3 is 2.60 bits per heavy atom. The highest BCUT2D eigenvalue weighted by Gasteiger charge is 2.21. The molecule has 1 heterocycles. The highest BCUT2D eigenvalue weighted by atomic mass is 16.5. The van der Waals surface area contributed by atoms with E-state index in [4.69, 9.17) is 4.74 Å². The topological polar surface area (TPSA) is 68.2 Å². The Morgan fingerprint density at radius 2 is 2.05 bits per heavy atom. The van der Waals surface area contributed by atoms with Gasteiger partial charge in [-0.3, -0.25) is 9.48 Å². The lowest BCUT2D eigenvalue weighted by molar-refractivity contribution is 0.0944. The Kier molecular flexibility index (Phi) is 6.16. The summed E-state index contributed by atoms with van der Waals surface area (Å²) in [5, 5.41) is 10.4. The molecule has 1 rings (SSSR count). The van der Waals surface area contributed by atoms with Crippen molar-refractivity contribution in [2.75, 3.05) is 33.4 Å². The molecule has 0 saturated heterocycles. The average Bonchev–Trinajstić information content (AvgIpc) is 2.75. The number of nitrogens with zero attached hydrogens (tertiary/aromatic N) is 2. The summed E-state index contributed by atoms with van der Waals surface area (Å²) < 4.78 is 6.56. The average molecular weight is 282 g/mol. The van der Waals surface area contributed by atoms with Crippen LogP contribution in [0, 0.1) is 0 Å². The Labute approximate surface area is 120 Å². The molecule has 0 aliphatic carbocycles. The zero-order valence-corrected chi connectivity index (χ0v) is 13.1. The highest BCUT2D eigenvalue weighted by molar-refractivity contribution is 5.92. The van der Waals surface area contributed by atoms with Crippen LogP contribution in [-0.2, 0) is 17.2 Å². The molecule has 0 unspecified atom stereocenters. The number of rotatable bonds is 7. The lowest BCUT2D eigenvalue weighted by Crippen LogP contribution is -2.33. The third kappa shape index (κ3) is 4.94. The molecule has 20 heavy (non-hydrogen) atoms. The summed E-state index contributed by atoms with van der Waals surface area (Å²) in [6, 6.07) is 1.85. The van der Waals surface area contributed by atoms with Gasteiger partial charge in [-0.25, -0.2) is 0 Å². The first-order valence-electron chi connectivity index (χ1n) is 6.88. The predicted molar refractivity (Wildman–Crippen MR) is 79.0 cm³/mol. The lowest BCUT2D eigenvalue weighted by Gasteiger charge is -2.13. The number of nitrogens with one attached hydrogen (secondary N) is 2. The molecule has 0 aliphatic heterocycles. The van der Waals surface area contributed by atoms with Crippen molar-refractivity contribution in [1.82, 2.24) is 20.4 Å². The number of carbonyl (C=O) groups is 1. The predicted octanol–water partition coefficient (Wildman–Crippen LogP) is 0.683. The van der Waals surface area contributed by atoms with Crippen LogP contribution in [0.4, 0.5) is 0 Å². The molecule has 2 N–H and O–H groups in total. The maximum atomic E-state index is 12.1. The molecule has 1 aromatic heterocycles. The molecule has 0 aliphatic rings. The van der Waals surface area contributed by atoms with Gasteiger partial charge < -0.3 is 15.4 Å². The molecular weight excluding hydrogens is 256 g/mol. The minimum atomic E-state index is -0.0935. The maximum absolute atomic E-state index is 12.1. The Balaban J connectivity index is 2.46. The van der Waals surface area contributed by atoms with Crippen LogP contribution in [0.2, 0.25) is 0 Å². The SMILES string of the molecule is COCCNCCNC(=O)c1cc(C(C)(C)C)nn1C. The van der Waals surface area contributed by atoms with E-state index < -0.39 is 0 Å². The summed E-state index contributed by atoms with van der Waals surface area (Å²) in [6.07, 6.45) is 0. The molecule has 0 saturated carbocycles. The zero-order chi connectivity index (χ0) is 15.2. The number of methoxy groups -OCH3 is 1. The summed E-state index contributed by atoms with van der Waals surface area (Å²) >= 11 is 0. The van der Waals surface area contributed by atoms with Crippen LogP contribution < -0.4 is 10.6 Å². The maximum Gasteiger partial charge on any atom is 0.269 e. The van der Waals surface area contributed by atoms with Crippen LogP contribution >= 0.6 is 0 Å². The number of hydrogen-bond donors (Lipinski definition) is 2. The van der Waals surface area contributed by atoms with Crippen molar-refractivity contribution in [3.63, 3.8) is 0 Å². The van der Waals surface area contributed by atoms with Gasteiger partial charge in [0.1, 0.15) is 5.69 Å². The van der Waals surface area contributed by atoms with Gasteiger partial charge in [0.2, 0.25) is 0 Å². The molecule has 6 heteroatoms. The number of aryl methyl sites for hydroxylation is 1. The standard InChI is InChI=1S/C14H26N4O2/c1-14(2,3)12-10-11(18(4)17-12)13(19)16-7-6-15-8-9-20-5/h10,15H,6-9H2,1-5H3,(H,16,19). The van der Waals surface area contributed by atoms with Gasteiger partial charge in [-0.15, -0.1) is 0 Å². The second-order valence-corrected chi connectivity index (χ2v) is 5.79. The van der Waals surface area contributed by atoms with E-state index in [1.54, 1.807) is 18.8 Å². The summed E-state index contributed by atoms with van der Waals surface area (Å²) in [4.78, 5) is 12.1. The number of carbonyl (C=O) groups excluding carboxylic acids is 1. The quantitative estimate of drug-likeness (QED) is 0.722. The molecular formula is C14H26N4O2. The number of hydrogen-bond acceptors (Lipinski definition) is 4. The monoisotopic (exact) mass is 282 g/mol. The number of amides is 1. The molecule has 0 spiro atoms. The van der Waals surface area contributed by atoms with Gasteiger partial charge in [0, 0.05) is 39.2 Å². The normalized spacial score (nSPS) is 11.7. The van der Waals surface area contributed by atoms with Crippen LogP contribution in [0.25, 0.3) is 0 Å². The minimum Gasteiger partial charge on any atom is -0.383 e. The van der Waals surface area contributed by atoms with Crippen LogP contribution in [0.3, 0.4) is 0 Å². The van der Waals surface area contributed by atoms with E-state index >= 15 is 0 Å². The van der Waals surface area contributed by atoms with Crippen LogP contribution in [0.5, 0.6) is 0 Å². The first-order valence-corrected chi connectivity index (χ1v) is 6.88. The van der Waals surface area contributed by atoms with Crippen LogP contribution in [-0.4, -0.2) is 49.0 Å². The Morgan fingerprint density at radius 1 is 1.35 bits per heavy atom. The second-order valence-electron chi connectivity index (χ2n) is 5.79. The van der Waals surface area contributed by atoms with E-state index in [0.29, 0.717) is 18.8 Å². The van der Waals surface area contributed by atoms with Crippen molar-refractivity contribution in [3.05, 3.63) is 17.5 Å². The first kappa shape index (κ1) is 16.7. The minimum absolute atomic E-state index is 0.0575. The molecule has 0 atom stereocenters. The fraction of sp³-hybridized carbons (Fsp3) is 0.714.